The molecule has 1 aliphatic carbocycles. The Morgan fingerprint density at radius 3 is 2.81 bits per heavy atom. The highest BCUT2D eigenvalue weighted by molar-refractivity contribution is 14.1. The lowest BCUT2D eigenvalue weighted by molar-refractivity contribution is 0.436. The highest BCUT2D eigenvalue weighted by Gasteiger charge is 2.45. The van der Waals surface area contributed by atoms with Gasteiger partial charge in [0.15, 0.2) is 5.76 Å². The maximum atomic E-state index is 11.2. The lowest BCUT2D eigenvalue weighted by Crippen LogP contribution is -2.45. The van der Waals surface area contributed by atoms with E-state index in [1.807, 2.05) is 0 Å². The molecule has 1 heterocycles. The van der Waals surface area contributed by atoms with Crippen molar-refractivity contribution in [2.24, 2.45) is 0 Å². The minimum absolute atomic E-state index is 0.0108. The predicted octanol–water partition coefficient (Wildman–Crippen LogP) is -0.0489. The molecule has 1 aromatic heterocycles. The molecule has 1 unspecified atom stereocenters. The van der Waals surface area contributed by atoms with E-state index in [4.69, 9.17) is 4.55 Å². The first-order valence-corrected chi connectivity index (χ1v) is 6.89. The van der Waals surface area contributed by atoms with Crippen molar-refractivity contribution < 1.29 is 18.1 Å². The zero-order valence-electron chi connectivity index (χ0n) is 7.96. The summed E-state index contributed by atoms with van der Waals surface area (Å²) < 4.78 is 29.9. The van der Waals surface area contributed by atoms with E-state index < -0.39 is 18.6 Å². The van der Waals surface area contributed by atoms with E-state index in [1.165, 1.54) is 28.8 Å². The molecule has 0 aromatic carbocycles. The maximum absolute atomic E-state index is 11.2. The summed E-state index contributed by atoms with van der Waals surface area (Å²) in [5.41, 5.74) is 0. The number of fused-ring (bicyclic) bond motifs is 1. The molecule has 0 saturated carbocycles. The molecule has 0 spiro atoms. The highest BCUT2D eigenvalue weighted by atomic mass is 127. The second kappa shape index (κ2) is 3.67. The summed E-state index contributed by atoms with van der Waals surface area (Å²) in [5, 5.41) is 10.8. The predicted molar refractivity (Wildman–Crippen MR) is 66.9 cm³/mol. The normalized spacial score (nSPS) is 24.8. The monoisotopic (exact) mass is 353 g/mol. The van der Waals surface area contributed by atoms with Crippen LogP contribution in [0.3, 0.4) is 0 Å². The number of hydrogen-bond acceptors (Lipinski definition) is 4. The average Bonchev–Trinajstić information content (AvgIpc) is 2.22. The summed E-state index contributed by atoms with van der Waals surface area (Å²) in [6.45, 7) is 0. The second-order valence-corrected chi connectivity index (χ2v) is 7.62. The first-order chi connectivity index (χ1) is 7.36. The van der Waals surface area contributed by atoms with Crippen LogP contribution in [0.15, 0.2) is 18.3 Å². The van der Waals surface area contributed by atoms with Crippen LogP contribution in [-0.4, -0.2) is 25.8 Å². The van der Waals surface area contributed by atoms with Crippen LogP contribution in [0.5, 0.6) is 0 Å². The maximum Gasteiger partial charge on any atom is 0.287 e. The molecule has 1 atom stereocenters. The quantitative estimate of drug-likeness (QED) is 0.420. The first kappa shape index (κ1) is 11.8. The van der Waals surface area contributed by atoms with Crippen LogP contribution in [0.1, 0.15) is 6.42 Å². The molecule has 86 valence electrons. The number of hydrogen-bond donors (Lipinski definition) is 2. The zero-order valence-corrected chi connectivity index (χ0v) is 10.9. The largest absolute Gasteiger partial charge is 0.507 e. The van der Waals surface area contributed by atoms with Crippen molar-refractivity contribution in [3.8, 4) is 0 Å². The molecule has 0 saturated heterocycles. The Morgan fingerprint density at radius 1 is 1.50 bits per heavy atom. The van der Waals surface area contributed by atoms with Crippen LogP contribution in [0.25, 0.3) is 11.8 Å². The molecule has 2 N–H and O–H groups in total. The van der Waals surface area contributed by atoms with Gasteiger partial charge in [-0.3, -0.25) is 9.54 Å². The molecule has 7 heteroatoms. The molecule has 2 rings (SSSR count). The van der Waals surface area contributed by atoms with Crippen molar-refractivity contribution in [1.82, 2.24) is 4.98 Å². The van der Waals surface area contributed by atoms with Crippen molar-refractivity contribution >= 4 is 44.5 Å². The minimum Gasteiger partial charge on any atom is -0.507 e. The number of aliphatic hydroxyl groups is 1. The van der Waals surface area contributed by atoms with Crippen LogP contribution >= 0.6 is 22.6 Å². The van der Waals surface area contributed by atoms with Crippen LogP contribution in [0.4, 0.5) is 0 Å². The van der Waals surface area contributed by atoms with Crippen LogP contribution in [-0.2, 0) is 10.1 Å². The van der Waals surface area contributed by atoms with E-state index in [2.05, 4.69) is 4.98 Å². The second-order valence-electron chi connectivity index (χ2n) is 3.40. The van der Waals surface area contributed by atoms with Gasteiger partial charge in [0.1, 0.15) is 5.35 Å². The summed E-state index contributed by atoms with van der Waals surface area (Å²) >= 11 is 1.52. The van der Waals surface area contributed by atoms with Gasteiger partial charge in [-0.2, -0.15) is 8.42 Å². The fourth-order valence-corrected chi connectivity index (χ4v) is 2.63. The van der Waals surface area contributed by atoms with Gasteiger partial charge >= 0.3 is 0 Å². The Balaban J connectivity index is 2.85. The third kappa shape index (κ3) is 1.62. The molecule has 0 fully saturated rings. The highest BCUT2D eigenvalue weighted by Crippen LogP contribution is 2.37. The van der Waals surface area contributed by atoms with E-state index in [0.29, 0.717) is 5.22 Å². The Hall–Kier alpha value is -0.670. The number of halogens is 1. The van der Waals surface area contributed by atoms with Crippen LogP contribution in [0.2, 0.25) is 0 Å². The van der Waals surface area contributed by atoms with Gasteiger partial charge in [-0.1, -0.05) is 12.1 Å². The first-order valence-electron chi connectivity index (χ1n) is 4.37. The van der Waals surface area contributed by atoms with Crippen molar-refractivity contribution in [1.29, 1.82) is 0 Å². The molecule has 5 nitrogen and oxygen atoms in total. The zero-order chi connectivity index (χ0) is 12.0. The third-order valence-electron chi connectivity index (χ3n) is 2.41. The van der Waals surface area contributed by atoms with Crippen molar-refractivity contribution in [2.45, 2.75) is 9.17 Å². The van der Waals surface area contributed by atoms with E-state index >= 15 is 0 Å². The Labute approximate surface area is 105 Å². The van der Waals surface area contributed by atoms with E-state index in [1.54, 1.807) is 18.2 Å². The molecule has 0 bridgehead atoms. The summed E-state index contributed by atoms with van der Waals surface area (Å²) in [5.74, 6) is -0.422. The van der Waals surface area contributed by atoms with Gasteiger partial charge in [-0.25, -0.2) is 0 Å². The van der Waals surface area contributed by atoms with Gasteiger partial charge in [0, 0.05) is 12.6 Å². The Kier molecular flexibility index (Phi) is 2.71. The van der Waals surface area contributed by atoms with Gasteiger partial charge in [0.05, 0.1) is 0 Å². The fourth-order valence-electron chi connectivity index (χ4n) is 1.52. The minimum atomic E-state index is -4.39. The Morgan fingerprint density at radius 2 is 2.19 bits per heavy atom. The molecule has 16 heavy (non-hydrogen) atoms. The molecule has 0 aliphatic heterocycles. The summed E-state index contributed by atoms with van der Waals surface area (Å²) in [6, 6.07) is 3.41. The number of nitrogens with zero attached hydrogens (tertiary/aromatic N) is 1. The van der Waals surface area contributed by atoms with Gasteiger partial charge in [0.25, 0.3) is 10.1 Å². The lowest BCUT2D eigenvalue weighted by Gasteiger charge is -2.24. The van der Waals surface area contributed by atoms with Gasteiger partial charge in [0.2, 0.25) is 2.75 Å². The van der Waals surface area contributed by atoms with E-state index in [0.717, 1.165) is 0 Å². The van der Waals surface area contributed by atoms with Crippen molar-refractivity contribution in [3.63, 3.8) is 0 Å². The van der Waals surface area contributed by atoms with E-state index in [-0.39, 0.29) is 11.8 Å². The fraction of sp³-hybridized carbons (Fsp3) is 0.222. The number of aliphatic hydroxyl groups excluding tert-OH is 1. The number of pyridine rings is 1. The van der Waals surface area contributed by atoms with Crippen molar-refractivity contribution in [2.75, 3.05) is 0 Å². The van der Waals surface area contributed by atoms with Crippen LogP contribution < -0.4 is 10.6 Å². The van der Waals surface area contributed by atoms with Gasteiger partial charge in [-0.15, -0.1) is 0 Å². The summed E-state index contributed by atoms with van der Waals surface area (Å²) in [7, 11) is -4.39. The molecule has 1 aliphatic rings. The standard InChI is InChI=1S/C9H8INO4S/c10-9(16(13,14)15)4-3-6-2-1-5-11-7(6)8(9)12/h1-3,5,12H,4H2,(H,13,14,15). The lowest BCUT2D eigenvalue weighted by atomic mass is 10.1. The molecule has 1 aromatic rings. The molecule has 0 radical (unpaired) electrons. The molecule has 0 amide bonds. The number of rotatable bonds is 1. The molecular weight excluding hydrogens is 345 g/mol. The van der Waals surface area contributed by atoms with Crippen molar-refractivity contribution in [3.05, 3.63) is 28.9 Å². The molecular formula is C9H8INO4S. The smallest absolute Gasteiger partial charge is 0.287 e. The summed E-state index contributed by atoms with van der Waals surface area (Å²) in [4.78, 5) is 3.91. The van der Waals surface area contributed by atoms with Crippen LogP contribution in [0, 0.1) is 0 Å². The topological polar surface area (TPSA) is 87.5 Å². The van der Waals surface area contributed by atoms with Gasteiger partial charge in [-0.05, 0) is 33.9 Å². The third-order valence-corrected chi connectivity index (χ3v) is 6.21. The SMILES string of the molecule is O=S(=O)(O)C1(I)CC=c2cccnc2=C1O. The number of alkyl halides is 1. The summed E-state index contributed by atoms with van der Waals surface area (Å²) in [6.07, 6.45) is 3.09. The number of aromatic nitrogens is 1. The van der Waals surface area contributed by atoms with E-state index in [9.17, 15) is 13.5 Å². The van der Waals surface area contributed by atoms with Gasteiger partial charge < -0.3 is 5.11 Å². The Bertz CT molecular complexity index is 654. The average molecular weight is 353 g/mol.